The van der Waals surface area contributed by atoms with E-state index < -0.39 is 13.6 Å². The smallest absolute Gasteiger partial charge is 0.316 e. The van der Waals surface area contributed by atoms with Crippen LogP contribution in [0, 0.1) is 0 Å². The van der Waals surface area contributed by atoms with Gasteiger partial charge in [0.25, 0.3) is 0 Å². The van der Waals surface area contributed by atoms with Gasteiger partial charge in [0.05, 0.1) is 12.2 Å². The Morgan fingerprint density at radius 1 is 0.481 bits per heavy atom. The quantitative estimate of drug-likeness (QED) is 0.151. The number of benzene rings is 4. The maximum atomic E-state index is 12.1. The summed E-state index contributed by atoms with van der Waals surface area (Å²) in [6, 6.07) is 38.9. The van der Waals surface area contributed by atoms with Gasteiger partial charge >= 0.3 is 13.6 Å². The second-order valence-electron chi connectivity index (χ2n) is 12.7. The van der Waals surface area contributed by atoms with Gasteiger partial charge in [-0.15, -0.1) is 0 Å². The Kier molecular flexibility index (Phi) is 20.9. The van der Waals surface area contributed by atoms with Crippen molar-refractivity contribution in [2.24, 2.45) is 0 Å². The monoisotopic (exact) mass is 814 g/mol. The van der Waals surface area contributed by atoms with Crippen molar-refractivity contribution >= 4 is 36.4 Å². The van der Waals surface area contributed by atoms with Gasteiger partial charge < -0.3 is 19.6 Å². The molecule has 296 valence electrons. The SMILES string of the molecule is CCN(CC)CC.CCN(CC)CC.O=P1(O)O[C@@H](c2ccccc2)C[C@@H](c2ccccc2)S1.O=P1(O)O[C@@H](c2ccccc2)C[C@H](c2ccccc2)S1. The molecule has 0 aromatic heterocycles. The van der Waals surface area contributed by atoms with Crippen LogP contribution in [0.15, 0.2) is 121 Å². The van der Waals surface area contributed by atoms with Crippen LogP contribution in [-0.2, 0) is 18.2 Å². The molecule has 6 atom stereocenters. The number of rotatable bonds is 10. The van der Waals surface area contributed by atoms with Crippen LogP contribution in [0.4, 0.5) is 0 Å². The van der Waals surface area contributed by atoms with Crippen LogP contribution in [0.5, 0.6) is 0 Å². The molecule has 0 spiro atoms. The number of hydrogen-bond acceptors (Lipinski definition) is 8. The fourth-order valence-corrected chi connectivity index (χ4v) is 13.0. The van der Waals surface area contributed by atoms with Gasteiger partial charge in [0.15, 0.2) is 0 Å². The van der Waals surface area contributed by atoms with E-state index in [-0.39, 0.29) is 22.7 Å². The summed E-state index contributed by atoms with van der Waals surface area (Å²) in [6.07, 6.45) is 0.726. The van der Waals surface area contributed by atoms with Crippen molar-refractivity contribution < 1.29 is 28.0 Å². The second-order valence-corrected chi connectivity index (χ2v) is 20.6. The molecule has 54 heavy (non-hydrogen) atoms. The highest BCUT2D eigenvalue weighted by molar-refractivity contribution is 8.55. The normalized spacial score (nSPS) is 24.9. The molecular weight excluding hydrogens is 755 g/mol. The molecule has 2 aliphatic heterocycles. The lowest BCUT2D eigenvalue weighted by molar-refractivity contribution is 0.170. The summed E-state index contributed by atoms with van der Waals surface area (Å²) in [7, 11) is 0. The van der Waals surface area contributed by atoms with Crippen LogP contribution in [0.25, 0.3) is 0 Å². The summed E-state index contributed by atoms with van der Waals surface area (Å²) in [5.41, 5.74) is 4.03. The lowest BCUT2D eigenvalue weighted by atomic mass is 10.0. The van der Waals surface area contributed by atoms with Crippen LogP contribution < -0.4 is 0 Å². The third kappa shape index (κ3) is 16.1. The van der Waals surface area contributed by atoms with Gasteiger partial charge in [-0.2, -0.15) is 0 Å². The van der Waals surface area contributed by atoms with E-state index in [0.717, 1.165) is 45.0 Å². The molecular formula is C42H60N2O6P2S2. The summed E-state index contributed by atoms with van der Waals surface area (Å²) >= 11 is 2.06. The van der Waals surface area contributed by atoms with Gasteiger partial charge in [-0.05, 0) is 97.1 Å². The van der Waals surface area contributed by atoms with Crippen molar-refractivity contribution in [2.75, 3.05) is 39.3 Å². The average Bonchev–Trinajstić information content (AvgIpc) is 3.20. The minimum absolute atomic E-state index is 0.0222. The van der Waals surface area contributed by atoms with Gasteiger partial charge in [-0.1, -0.05) is 163 Å². The Bertz CT molecular complexity index is 1430. The fraction of sp³-hybridized carbons (Fsp3) is 0.429. The van der Waals surface area contributed by atoms with E-state index in [1.165, 1.54) is 39.3 Å². The van der Waals surface area contributed by atoms with Crippen LogP contribution >= 0.6 is 36.4 Å². The first kappa shape index (κ1) is 46.2. The molecule has 0 saturated carbocycles. The van der Waals surface area contributed by atoms with E-state index in [2.05, 4.69) is 51.3 Å². The summed E-state index contributed by atoms with van der Waals surface area (Å²) in [5, 5.41) is -0.0445. The summed E-state index contributed by atoms with van der Waals surface area (Å²) in [4.78, 5) is 24.6. The zero-order chi connectivity index (χ0) is 39.4. The minimum Gasteiger partial charge on any atom is -0.316 e. The Hall–Kier alpha value is -2.20. The van der Waals surface area contributed by atoms with Gasteiger partial charge in [0, 0.05) is 10.5 Å². The topological polar surface area (TPSA) is 99.5 Å². The number of nitrogens with zero attached hydrogens (tertiary/aromatic N) is 2. The highest BCUT2D eigenvalue weighted by Crippen LogP contribution is 2.70. The lowest BCUT2D eigenvalue weighted by Gasteiger charge is -2.32. The average molecular weight is 815 g/mol. The van der Waals surface area contributed by atoms with Crippen molar-refractivity contribution in [3.63, 3.8) is 0 Å². The molecule has 0 amide bonds. The molecule has 4 aromatic carbocycles. The van der Waals surface area contributed by atoms with Crippen LogP contribution in [0.2, 0.25) is 0 Å². The Morgan fingerprint density at radius 2 is 0.722 bits per heavy atom. The molecule has 12 heteroatoms. The van der Waals surface area contributed by atoms with E-state index in [4.69, 9.17) is 9.05 Å². The molecule has 8 nitrogen and oxygen atoms in total. The third-order valence-electron chi connectivity index (χ3n) is 9.27. The number of hydrogen-bond donors (Lipinski definition) is 2. The van der Waals surface area contributed by atoms with E-state index in [1.54, 1.807) is 0 Å². The molecule has 2 N–H and O–H groups in total. The first-order valence-corrected chi connectivity index (χ1v) is 25.1. The first-order chi connectivity index (χ1) is 26.0. The van der Waals surface area contributed by atoms with E-state index >= 15 is 0 Å². The van der Waals surface area contributed by atoms with Crippen LogP contribution in [0.3, 0.4) is 0 Å². The predicted octanol–water partition coefficient (Wildman–Crippen LogP) is 12.1. The van der Waals surface area contributed by atoms with Crippen LogP contribution in [0.1, 0.15) is 99.3 Å². The van der Waals surface area contributed by atoms with Crippen molar-refractivity contribution in [1.29, 1.82) is 0 Å². The predicted molar refractivity (Wildman–Crippen MR) is 230 cm³/mol. The zero-order valence-corrected chi connectivity index (χ0v) is 36.1. The summed E-state index contributed by atoms with van der Waals surface area (Å²) < 4.78 is 35.0. The van der Waals surface area contributed by atoms with Crippen molar-refractivity contribution in [3.05, 3.63) is 144 Å². The first-order valence-electron chi connectivity index (χ1n) is 19.0. The highest BCUT2D eigenvalue weighted by atomic mass is 32.7. The maximum Gasteiger partial charge on any atom is 0.387 e. The van der Waals surface area contributed by atoms with E-state index in [1.807, 2.05) is 121 Å². The Labute approximate surface area is 332 Å². The van der Waals surface area contributed by atoms with Gasteiger partial charge in [-0.25, -0.2) is 9.13 Å². The van der Waals surface area contributed by atoms with Gasteiger partial charge in [-0.3, -0.25) is 9.05 Å². The molecule has 2 saturated heterocycles. The zero-order valence-electron chi connectivity index (χ0n) is 32.6. The van der Waals surface area contributed by atoms with Crippen LogP contribution in [-0.4, -0.2) is 58.9 Å². The third-order valence-corrected chi connectivity index (χ3v) is 15.9. The Balaban J connectivity index is 0.000000217. The molecule has 2 heterocycles. The maximum absolute atomic E-state index is 12.1. The van der Waals surface area contributed by atoms with Gasteiger partial charge in [0.2, 0.25) is 0 Å². The van der Waals surface area contributed by atoms with Crippen molar-refractivity contribution in [2.45, 2.75) is 77.1 Å². The second kappa shape index (κ2) is 24.4. The molecule has 0 aliphatic carbocycles. The van der Waals surface area contributed by atoms with E-state index in [0.29, 0.717) is 12.8 Å². The fourth-order valence-electron chi connectivity index (χ4n) is 6.05. The Morgan fingerprint density at radius 3 is 0.944 bits per heavy atom. The molecule has 6 rings (SSSR count). The summed E-state index contributed by atoms with van der Waals surface area (Å²) in [6.45, 7) is 13.0. The molecule has 2 fully saturated rings. The highest BCUT2D eigenvalue weighted by Gasteiger charge is 2.39. The van der Waals surface area contributed by atoms with Crippen molar-refractivity contribution in [3.8, 4) is 0 Å². The van der Waals surface area contributed by atoms with Crippen molar-refractivity contribution in [1.82, 2.24) is 9.80 Å². The molecule has 4 aromatic rings. The van der Waals surface area contributed by atoms with Gasteiger partial charge in [0.1, 0.15) is 0 Å². The van der Waals surface area contributed by atoms with E-state index in [9.17, 15) is 18.9 Å². The summed E-state index contributed by atoms with van der Waals surface area (Å²) in [5.74, 6) is 0. The molecule has 2 aliphatic rings. The molecule has 2 unspecified atom stereocenters. The molecule has 0 bridgehead atoms. The minimum atomic E-state index is -3.61. The standard InChI is InChI=1S/2C15H15O3PS.2C6H15N/c2*16-19(17)18-14(12-7-3-1-4-8-12)11-15(20-19)13-9-5-2-6-10-13;2*1-4-7(5-2)6-3/h2*1-10,14-15H,11H2,(H,16,17);2*4-6H2,1-3H3/t14-,15+;14-,15-;;/m11../s1. The lowest BCUT2D eigenvalue weighted by Crippen LogP contribution is -2.21. The largest absolute Gasteiger partial charge is 0.387 e. The molecule has 0 radical (unpaired) electrons.